The van der Waals surface area contributed by atoms with Crippen LogP contribution in [0.2, 0.25) is 0 Å². The van der Waals surface area contributed by atoms with Crippen molar-refractivity contribution in [2.45, 2.75) is 6.92 Å². The molecule has 0 bridgehead atoms. The number of thioether (sulfide) groups is 1. The largest absolute Gasteiger partial charge is 0.384 e. The van der Waals surface area contributed by atoms with Gasteiger partial charge in [0.1, 0.15) is 17.6 Å². The summed E-state index contributed by atoms with van der Waals surface area (Å²) in [6, 6.07) is 1.21. The maximum absolute atomic E-state index is 11.9. The highest BCUT2D eigenvalue weighted by Crippen LogP contribution is 2.18. The number of nitrogen functional groups attached to an aromatic ring is 1. The number of pyridine rings is 1. The van der Waals surface area contributed by atoms with Gasteiger partial charge in [-0.2, -0.15) is 11.8 Å². The Labute approximate surface area is 115 Å². The first-order valence-electron chi connectivity index (χ1n) is 5.62. The fourth-order valence-electron chi connectivity index (χ4n) is 1.50. The summed E-state index contributed by atoms with van der Waals surface area (Å²) >= 11 is 1.68. The second-order valence-electron chi connectivity index (χ2n) is 4.15. The standard InChI is InChI=1S/C11H16N4O3S/c1-7(6-19-2)4-14-11(16)8-3-10(12)13-5-9(8)15(17)18/h3,5,7H,4,6H2,1-2H3,(H2,12,13)(H,14,16). The molecule has 7 nitrogen and oxygen atoms in total. The van der Waals surface area contributed by atoms with E-state index in [9.17, 15) is 14.9 Å². The van der Waals surface area contributed by atoms with Gasteiger partial charge in [0.25, 0.3) is 11.6 Å². The molecule has 1 aromatic rings. The average molecular weight is 284 g/mol. The van der Waals surface area contributed by atoms with Crippen LogP contribution in [0, 0.1) is 16.0 Å². The van der Waals surface area contributed by atoms with Crippen molar-refractivity contribution in [3.63, 3.8) is 0 Å². The lowest BCUT2D eigenvalue weighted by Crippen LogP contribution is -2.29. The number of nitrogens with zero attached hydrogens (tertiary/aromatic N) is 2. The highest BCUT2D eigenvalue weighted by atomic mass is 32.2. The third-order valence-electron chi connectivity index (χ3n) is 2.41. The van der Waals surface area contributed by atoms with Gasteiger partial charge in [-0.15, -0.1) is 0 Å². The molecule has 0 aliphatic rings. The minimum atomic E-state index is -0.646. The molecule has 1 rings (SSSR count). The molecule has 19 heavy (non-hydrogen) atoms. The fraction of sp³-hybridized carbons (Fsp3) is 0.455. The molecule has 8 heteroatoms. The van der Waals surface area contributed by atoms with E-state index in [0.29, 0.717) is 6.54 Å². The van der Waals surface area contributed by atoms with Gasteiger partial charge in [-0.25, -0.2) is 4.98 Å². The second kappa shape index (κ2) is 6.93. The van der Waals surface area contributed by atoms with E-state index in [0.717, 1.165) is 11.9 Å². The summed E-state index contributed by atoms with van der Waals surface area (Å²) in [6.45, 7) is 2.45. The smallest absolute Gasteiger partial charge is 0.300 e. The normalized spacial score (nSPS) is 11.9. The quantitative estimate of drug-likeness (QED) is 0.601. The topological polar surface area (TPSA) is 111 Å². The lowest BCUT2D eigenvalue weighted by atomic mass is 10.2. The maximum atomic E-state index is 11.9. The minimum Gasteiger partial charge on any atom is -0.384 e. The first-order valence-corrected chi connectivity index (χ1v) is 7.02. The van der Waals surface area contributed by atoms with Crippen molar-refractivity contribution in [1.82, 2.24) is 10.3 Å². The van der Waals surface area contributed by atoms with Crippen LogP contribution < -0.4 is 11.1 Å². The van der Waals surface area contributed by atoms with E-state index in [1.807, 2.05) is 13.2 Å². The van der Waals surface area contributed by atoms with Crippen LogP contribution in [0.25, 0.3) is 0 Å². The molecule has 0 spiro atoms. The third kappa shape index (κ3) is 4.40. The van der Waals surface area contributed by atoms with E-state index in [2.05, 4.69) is 10.3 Å². The number of aromatic nitrogens is 1. The van der Waals surface area contributed by atoms with Crippen LogP contribution in [0.15, 0.2) is 12.3 Å². The van der Waals surface area contributed by atoms with Crippen molar-refractivity contribution in [2.24, 2.45) is 5.92 Å². The van der Waals surface area contributed by atoms with Crippen molar-refractivity contribution < 1.29 is 9.72 Å². The van der Waals surface area contributed by atoms with Crippen LogP contribution in [-0.4, -0.2) is 34.4 Å². The predicted molar refractivity (Wildman–Crippen MR) is 75.2 cm³/mol. The number of rotatable bonds is 6. The molecule has 0 saturated carbocycles. The Bertz CT molecular complexity index is 481. The van der Waals surface area contributed by atoms with Gasteiger partial charge in [-0.05, 0) is 24.0 Å². The Morgan fingerprint density at radius 1 is 1.68 bits per heavy atom. The summed E-state index contributed by atoms with van der Waals surface area (Å²) in [4.78, 5) is 25.7. The van der Waals surface area contributed by atoms with Gasteiger partial charge in [0.2, 0.25) is 0 Å². The van der Waals surface area contributed by atoms with Crippen LogP contribution in [-0.2, 0) is 0 Å². The van der Waals surface area contributed by atoms with Crippen molar-refractivity contribution in [3.8, 4) is 0 Å². The first-order chi connectivity index (χ1) is 8.95. The van der Waals surface area contributed by atoms with Gasteiger partial charge in [0, 0.05) is 6.54 Å². The van der Waals surface area contributed by atoms with E-state index in [1.54, 1.807) is 11.8 Å². The van der Waals surface area contributed by atoms with Crippen LogP contribution >= 0.6 is 11.8 Å². The summed E-state index contributed by atoms with van der Waals surface area (Å²) in [6.07, 6.45) is 2.97. The van der Waals surface area contributed by atoms with E-state index >= 15 is 0 Å². The molecule has 1 atom stereocenters. The molecule has 0 aliphatic heterocycles. The SMILES string of the molecule is CSCC(C)CNC(=O)c1cc(N)ncc1[N+](=O)[O-]. The molecule has 1 heterocycles. The van der Waals surface area contributed by atoms with Gasteiger partial charge in [-0.1, -0.05) is 6.92 Å². The fourth-order valence-corrected chi connectivity index (χ4v) is 2.18. The summed E-state index contributed by atoms with van der Waals surface area (Å²) in [7, 11) is 0. The number of carbonyl (C=O) groups excluding carboxylic acids is 1. The van der Waals surface area contributed by atoms with Gasteiger partial charge in [0.05, 0.1) is 4.92 Å². The molecule has 1 amide bonds. The number of carbonyl (C=O) groups is 1. The number of nitrogens with two attached hydrogens (primary N) is 1. The minimum absolute atomic E-state index is 0.0612. The molecule has 0 saturated heterocycles. The van der Waals surface area contributed by atoms with Crippen molar-refractivity contribution in [1.29, 1.82) is 0 Å². The molecule has 0 aliphatic carbocycles. The second-order valence-corrected chi connectivity index (χ2v) is 5.06. The van der Waals surface area contributed by atoms with E-state index in [-0.39, 0.29) is 23.0 Å². The summed E-state index contributed by atoms with van der Waals surface area (Å²) in [5.74, 6) is 0.764. The Kier molecular flexibility index (Phi) is 5.56. The number of nitro groups is 1. The highest BCUT2D eigenvalue weighted by Gasteiger charge is 2.21. The first kappa shape index (κ1) is 15.2. The zero-order chi connectivity index (χ0) is 14.4. The molecule has 0 radical (unpaired) electrons. The Balaban J connectivity index is 2.81. The van der Waals surface area contributed by atoms with Crippen LogP contribution in [0.5, 0.6) is 0 Å². The lowest BCUT2D eigenvalue weighted by molar-refractivity contribution is -0.385. The third-order valence-corrected chi connectivity index (χ3v) is 3.31. The molecule has 0 aromatic carbocycles. The zero-order valence-corrected chi connectivity index (χ0v) is 11.6. The van der Waals surface area contributed by atoms with E-state index < -0.39 is 10.8 Å². The number of hydrogen-bond acceptors (Lipinski definition) is 6. The van der Waals surface area contributed by atoms with Gasteiger partial charge < -0.3 is 11.1 Å². The summed E-state index contributed by atoms with van der Waals surface area (Å²) in [5.41, 5.74) is 5.05. The zero-order valence-electron chi connectivity index (χ0n) is 10.8. The van der Waals surface area contributed by atoms with Crippen molar-refractivity contribution >= 4 is 29.2 Å². The molecule has 3 N–H and O–H groups in total. The molecule has 0 fully saturated rings. The average Bonchev–Trinajstić information content (AvgIpc) is 2.35. The van der Waals surface area contributed by atoms with E-state index in [1.165, 1.54) is 6.07 Å². The molecular formula is C11H16N4O3S. The van der Waals surface area contributed by atoms with Gasteiger partial charge in [0.15, 0.2) is 0 Å². The number of nitrogens with one attached hydrogen (secondary N) is 1. The predicted octanol–water partition coefficient (Wildman–Crippen LogP) is 1.30. The lowest BCUT2D eigenvalue weighted by Gasteiger charge is -2.11. The highest BCUT2D eigenvalue weighted by molar-refractivity contribution is 7.98. The monoisotopic (exact) mass is 284 g/mol. The Morgan fingerprint density at radius 2 is 2.37 bits per heavy atom. The van der Waals surface area contributed by atoms with Gasteiger partial charge in [-0.3, -0.25) is 14.9 Å². The summed E-state index contributed by atoms with van der Waals surface area (Å²) < 4.78 is 0. The van der Waals surface area contributed by atoms with Crippen LogP contribution in [0.3, 0.4) is 0 Å². The van der Waals surface area contributed by atoms with Crippen molar-refractivity contribution in [3.05, 3.63) is 27.9 Å². The Hall–Kier alpha value is -1.83. The van der Waals surface area contributed by atoms with Crippen molar-refractivity contribution in [2.75, 3.05) is 24.3 Å². The molecular weight excluding hydrogens is 268 g/mol. The molecule has 104 valence electrons. The van der Waals surface area contributed by atoms with Crippen LogP contribution in [0.1, 0.15) is 17.3 Å². The number of amides is 1. The summed E-state index contributed by atoms with van der Waals surface area (Å²) in [5, 5.41) is 13.5. The maximum Gasteiger partial charge on any atom is 0.300 e. The molecule has 1 unspecified atom stereocenters. The number of anilines is 1. The Morgan fingerprint density at radius 3 is 2.95 bits per heavy atom. The molecule has 1 aromatic heterocycles. The van der Waals surface area contributed by atoms with Gasteiger partial charge >= 0.3 is 0 Å². The van der Waals surface area contributed by atoms with E-state index in [4.69, 9.17) is 5.73 Å². The van der Waals surface area contributed by atoms with Crippen LogP contribution in [0.4, 0.5) is 11.5 Å². The number of hydrogen-bond donors (Lipinski definition) is 2.